The molecular formula is C14H16BrN3. The van der Waals surface area contributed by atoms with E-state index in [-0.39, 0.29) is 0 Å². The van der Waals surface area contributed by atoms with E-state index in [4.69, 9.17) is 5.73 Å². The lowest BCUT2D eigenvalue weighted by Gasteiger charge is -2.13. The van der Waals surface area contributed by atoms with Gasteiger partial charge in [0.2, 0.25) is 0 Å². The fourth-order valence-corrected chi connectivity index (χ4v) is 2.31. The predicted molar refractivity (Wildman–Crippen MR) is 78.4 cm³/mol. The van der Waals surface area contributed by atoms with Gasteiger partial charge in [-0.3, -0.25) is 0 Å². The van der Waals surface area contributed by atoms with Crippen molar-refractivity contribution in [2.45, 2.75) is 26.7 Å². The molecule has 18 heavy (non-hydrogen) atoms. The lowest BCUT2D eigenvalue weighted by molar-refractivity contribution is 0.836. The minimum absolute atomic E-state index is 0.337. The number of nitrogens with zero attached hydrogens (tertiary/aromatic N) is 2. The number of anilines is 1. The summed E-state index contributed by atoms with van der Waals surface area (Å²) in [6.45, 7) is 6.18. The van der Waals surface area contributed by atoms with Crippen molar-refractivity contribution in [1.82, 2.24) is 9.97 Å². The summed E-state index contributed by atoms with van der Waals surface area (Å²) in [7, 11) is 0. The summed E-state index contributed by atoms with van der Waals surface area (Å²) >= 11 is 3.41. The molecule has 0 bridgehead atoms. The van der Waals surface area contributed by atoms with Crippen LogP contribution in [-0.2, 0) is 0 Å². The molecule has 0 fully saturated rings. The molecule has 2 aromatic rings. The zero-order valence-corrected chi connectivity index (χ0v) is 12.3. The highest BCUT2D eigenvalue weighted by atomic mass is 79.9. The second-order valence-electron chi connectivity index (χ2n) is 4.59. The predicted octanol–water partition coefficient (Wildman–Crippen LogP) is 3.92. The van der Waals surface area contributed by atoms with E-state index in [0.717, 1.165) is 21.3 Å². The molecular weight excluding hydrogens is 290 g/mol. The Morgan fingerprint density at radius 2 is 1.72 bits per heavy atom. The molecule has 0 aliphatic carbocycles. The van der Waals surface area contributed by atoms with Gasteiger partial charge in [-0.1, -0.05) is 41.9 Å². The second kappa shape index (κ2) is 5.06. The molecule has 0 saturated heterocycles. The zero-order chi connectivity index (χ0) is 13.3. The van der Waals surface area contributed by atoms with E-state index in [1.165, 1.54) is 0 Å². The first-order valence-electron chi connectivity index (χ1n) is 5.89. The third kappa shape index (κ3) is 2.53. The highest BCUT2D eigenvalue weighted by Crippen LogP contribution is 2.26. The molecule has 0 radical (unpaired) electrons. The summed E-state index contributed by atoms with van der Waals surface area (Å²) in [4.78, 5) is 8.96. The summed E-state index contributed by atoms with van der Waals surface area (Å²) in [5.74, 6) is 1.60. The Bertz CT molecular complexity index is 539. The number of hydrogen-bond donors (Lipinski definition) is 1. The van der Waals surface area contributed by atoms with Gasteiger partial charge in [0.25, 0.3) is 0 Å². The molecule has 2 N–H and O–H groups in total. The van der Waals surface area contributed by atoms with Crippen molar-refractivity contribution in [2.24, 2.45) is 0 Å². The van der Waals surface area contributed by atoms with Gasteiger partial charge in [-0.05, 0) is 25.0 Å². The van der Waals surface area contributed by atoms with Gasteiger partial charge >= 0.3 is 0 Å². The first-order chi connectivity index (χ1) is 8.49. The van der Waals surface area contributed by atoms with Crippen molar-refractivity contribution in [2.75, 3.05) is 5.73 Å². The third-order valence-electron chi connectivity index (χ3n) is 2.85. The van der Waals surface area contributed by atoms with Crippen LogP contribution in [0.3, 0.4) is 0 Å². The summed E-state index contributed by atoms with van der Waals surface area (Å²) in [6, 6.07) is 7.90. The van der Waals surface area contributed by atoms with Crippen LogP contribution >= 0.6 is 15.9 Å². The van der Waals surface area contributed by atoms with Gasteiger partial charge in [-0.2, -0.15) is 0 Å². The molecule has 2 rings (SSSR count). The number of rotatable bonds is 2. The lowest BCUT2D eigenvalue weighted by Crippen LogP contribution is -2.06. The largest absolute Gasteiger partial charge is 0.383 e. The molecule has 0 unspecified atom stereocenters. The molecule has 1 aromatic carbocycles. The van der Waals surface area contributed by atoms with Gasteiger partial charge in [0, 0.05) is 21.3 Å². The molecule has 3 nitrogen and oxygen atoms in total. The highest BCUT2D eigenvalue weighted by Gasteiger charge is 2.13. The molecule has 1 aromatic heterocycles. The lowest BCUT2D eigenvalue weighted by atomic mass is 10.0. The maximum Gasteiger partial charge on any atom is 0.161 e. The van der Waals surface area contributed by atoms with Crippen LogP contribution in [0.1, 0.15) is 31.0 Å². The van der Waals surface area contributed by atoms with E-state index in [0.29, 0.717) is 17.6 Å². The molecule has 0 spiro atoms. The zero-order valence-electron chi connectivity index (χ0n) is 10.7. The van der Waals surface area contributed by atoms with Crippen molar-refractivity contribution >= 4 is 21.7 Å². The normalized spacial score (nSPS) is 10.9. The van der Waals surface area contributed by atoms with Gasteiger partial charge in [0.1, 0.15) is 5.82 Å². The second-order valence-corrected chi connectivity index (χ2v) is 5.51. The number of nitrogen functional groups attached to an aromatic ring is 1. The van der Waals surface area contributed by atoms with E-state index in [1.54, 1.807) is 0 Å². The SMILES string of the molecule is Cc1nc(-c2ccc(Br)cc2)nc(N)c1C(C)C. The van der Waals surface area contributed by atoms with E-state index < -0.39 is 0 Å². The molecule has 0 aliphatic rings. The molecule has 1 heterocycles. The summed E-state index contributed by atoms with van der Waals surface area (Å²) in [6.07, 6.45) is 0. The van der Waals surface area contributed by atoms with E-state index >= 15 is 0 Å². The Morgan fingerprint density at radius 1 is 1.11 bits per heavy atom. The van der Waals surface area contributed by atoms with Crippen LogP contribution in [0.5, 0.6) is 0 Å². The Hall–Kier alpha value is -1.42. The van der Waals surface area contributed by atoms with E-state index in [2.05, 4.69) is 39.7 Å². The molecule has 94 valence electrons. The Balaban J connectivity index is 2.51. The van der Waals surface area contributed by atoms with Crippen LogP contribution in [0.15, 0.2) is 28.7 Å². The maximum absolute atomic E-state index is 6.03. The maximum atomic E-state index is 6.03. The fraction of sp³-hybridized carbons (Fsp3) is 0.286. The first kappa shape index (κ1) is 13.0. The fourth-order valence-electron chi connectivity index (χ4n) is 2.05. The average molecular weight is 306 g/mol. The Labute approximate surface area is 116 Å². The summed E-state index contributed by atoms with van der Waals surface area (Å²) < 4.78 is 1.04. The number of hydrogen-bond acceptors (Lipinski definition) is 3. The van der Waals surface area contributed by atoms with E-state index in [9.17, 15) is 0 Å². The highest BCUT2D eigenvalue weighted by molar-refractivity contribution is 9.10. The van der Waals surface area contributed by atoms with Crippen molar-refractivity contribution < 1.29 is 0 Å². The van der Waals surface area contributed by atoms with Gasteiger partial charge < -0.3 is 5.73 Å². The average Bonchev–Trinajstić information content (AvgIpc) is 2.28. The first-order valence-corrected chi connectivity index (χ1v) is 6.68. The smallest absolute Gasteiger partial charge is 0.161 e. The molecule has 0 aliphatic heterocycles. The van der Waals surface area contributed by atoms with Crippen LogP contribution in [0.4, 0.5) is 5.82 Å². The van der Waals surface area contributed by atoms with Gasteiger partial charge in [0.15, 0.2) is 5.82 Å². The van der Waals surface area contributed by atoms with Crippen LogP contribution in [0.2, 0.25) is 0 Å². The molecule has 4 heteroatoms. The van der Waals surface area contributed by atoms with Gasteiger partial charge in [0.05, 0.1) is 0 Å². The number of nitrogens with two attached hydrogens (primary N) is 1. The minimum atomic E-state index is 0.337. The standard InChI is InChI=1S/C14H16BrN3/c1-8(2)12-9(3)17-14(18-13(12)16)10-4-6-11(15)7-5-10/h4-8H,1-3H3,(H2,16,17,18). The van der Waals surface area contributed by atoms with Crippen molar-refractivity contribution in [3.05, 3.63) is 40.0 Å². The van der Waals surface area contributed by atoms with Gasteiger partial charge in [-0.15, -0.1) is 0 Å². The Kier molecular flexibility index (Phi) is 3.66. The third-order valence-corrected chi connectivity index (χ3v) is 3.37. The molecule has 0 amide bonds. The monoisotopic (exact) mass is 305 g/mol. The van der Waals surface area contributed by atoms with Crippen molar-refractivity contribution in [3.8, 4) is 11.4 Å². The Morgan fingerprint density at radius 3 is 2.22 bits per heavy atom. The topological polar surface area (TPSA) is 51.8 Å². The number of halogens is 1. The van der Waals surface area contributed by atoms with Crippen LogP contribution < -0.4 is 5.73 Å². The number of aryl methyl sites for hydroxylation is 1. The van der Waals surface area contributed by atoms with Crippen LogP contribution in [-0.4, -0.2) is 9.97 Å². The van der Waals surface area contributed by atoms with Crippen LogP contribution in [0, 0.1) is 6.92 Å². The summed E-state index contributed by atoms with van der Waals surface area (Å²) in [5, 5.41) is 0. The van der Waals surface area contributed by atoms with Crippen LogP contribution in [0.25, 0.3) is 11.4 Å². The summed E-state index contributed by atoms with van der Waals surface area (Å²) in [5.41, 5.74) is 9.00. The van der Waals surface area contributed by atoms with E-state index in [1.807, 2.05) is 31.2 Å². The molecule has 0 saturated carbocycles. The number of benzene rings is 1. The van der Waals surface area contributed by atoms with Gasteiger partial charge in [-0.25, -0.2) is 9.97 Å². The quantitative estimate of drug-likeness (QED) is 0.915. The molecule has 0 atom stereocenters. The van der Waals surface area contributed by atoms with Crippen molar-refractivity contribution in [3.63, 3.8) is 0 Å². The number of aromatic nitrogens is 2. The van der Waals surface area contributed by atoms with Crippen molar-refractivity contribution in [1.29, 1.82) is 0 Å². The minimum Gasteiger partial charge on any atom is -0.383 e.